The minimum atomic E-state index is -4.81. The van der Waals surface area contributed by atoms with E-state index in [0.717, 1.165) is 12.8 Å². The van der Waals surface area contributed by atoms with E-state index in [0.29, 0.717) is 29.7 Å². The Bertz CT molecular complexity index is 1230. The Hall–Kier alpha value is -2.13. The lowest BCUT2D eigenvalue weighted by Gasteiger charge is -2.37. The Morgan fingerprint density at radius 1 is 1.11 bits per heavy atom. The molecule has 1 fully saturated rings. The van der Waals surface area contributed by atoms with Gasteiger partial charge in [0, 0.05) is 6.92 Å². The van der Waals surface area contributed by atoms with Crippen LogP contribution in [0.2, 0.25) is 0 Å². The maximum absolute atomic E-state index is 14.3. The molecule has 2 aromatic carbocycles. The Kier molecular flexibility index (Phi) is 7.45. The number of rotatable bonds is 6. The lowest BCUT2D eigenvalue weighted by molar-refractivity contribution is -0.138. The van der Waals surface area contributed by atoms with Gasteiger partial charge in [0.15, 0.2) is 5.90 Å². The van der Waals surface area contributed by atoms with Crippen molar-refractivity contribution in [1.82, 2.24) is 0 Å². The standard InChI is InChI=1S/C26H33F3NO6P/c1-16-30-25(14-34-16,15-35-37(31,32)33)19-8-11-21-17(13-19)5-12-22(23(21)26(27,28)29)36-20-9-6-18(7-10-20)24(2,3)4/h5,8,11-13,18,20H,6-7,9-10,14-15H2,1-4H3,(H2,31,32,33). The highest BCUT2D eigenvalue weighted by atomic mass is 31.2. The summed E-state index contributed by atoms with van der Waals surface area (Å²) >= 11 is 0. The first kappa shape index (κ1) is 27.9. The largest absolute Gasteiger partial charge is 0.490 e. The molecule has 11 heteroatoms. The molecule has 0 amide bonds. The van der Waals surface area contributed by atoms with E-state index < -0.39 is 31.7 Å². The molecule has 7 nitrogen and oxygen atoms in total. The fraction of sp³-hybridized carbons (Fsp3) is 0.577. The molecule has 0 bridgehead atoms. The van der Waals surface area contributed by atoms with Gasteiger partial charge >= 0.3 is 14.0 Å². The van der Waals surface area contributed by atoms with E-state index in [1.54, 1.807) is 13.0 Å². The summed E-state index contributed by atoms with van der Waals surface area (Å²) in [4.78, 5) is 22.7. The lowest BCUT2D eigenvalue weighted by atomic mass is 9.72. The van der Waals surface area contributed by atoms with Crippen molar-refractivity contribution in [2.45, 2.75) is 71.2 Å². The second-order valence-electron chi connectivity index (χ2n) is 11.0. The van der Waals surface area contributed by atoms with Crippen molar-refractivity contribution in [2.75, 3.05) is 13.2 Å². The van der Waals surface area contributed by atoms with Gasteiger partial charge in [0.2, 0.25) is 0 Å². The maximum Gasteiger partial charge on any atom is 0.469 e. The topological polar surface area (TPSA) is 97.6 Å². The van der Waals surface area contributed by atoms with E-state index >= 15 is 0 Å². The van der Waals surface area contributed by atoms with Crippen LogP contribution in [0.4, 0.5) is 13.2 Å². The van der Waals surface area contributed by atoms with Gasteiger partial charge in [-0.05, 0) is 65.5 Å². The molecule has 0 aromatic heterocycles. The van der Waals surface area contributed by atoms with E-state index in [1.807, 2.05) is 0 Å². The molecule has 4 rings (SSSR count). The summed E-state index contributed by atoms with van der Waals surface area (Å²) in [6.45, 7) is 7.58. The van der Waals surface area contributed by atoms with Gasteiger partial charge < -0.3 is 19.3 Å². The molecule has 1 saturated carbocycles. The van der Waals surface area contributed by atoms with Crippen LogP contribution < -0.4 is 4.74 Å². The third kappa shape index (κ3) is 6.30. The first-order valence-electron chi connectivity index (χ1n) is 12.3. The molecule has 2 N–H and O–H groups in total. The Balaban J connectivity index is 1.67. The summed E-state index contributed by atoms with van der Waals surface area (Å²) in [7, 11) is -4.81. The Morgan fingerprint density at radius 3 is 2.32 bits per heavy atom. The average Bonchev–Trinajstić information content (AvgIpc) is 3.18. The van der Waals surface area contributed by atoms with Crippen molar-refractivity contribution in [3.8, 4) is 5.75 Å². The zero-order valence-corrected chi connectivity index (χ0v) is 22.2. The van der Waals surface area contributed by atoms with Crippen molar-refractivity contribution in [3.63, 3.8) is 0 Å². The first-order chi connectivity index (χ1) is 17.1. The minimum Gasteiger partial charge on any atom is -0.490 e. The van der Waals surface area contributed by atoms with Gasteiger partial charge in [-0.3, -0.25) is 4.52 Å². The highest BCUT2D eigenvalue weighted by Gasteiger charge is 2.42. The normalized spacial score (nSPS) is 25.2. The van der Waals surface area contributed by atoms with Gasteiger partial charge in [-0.25, -0.2) is 9.56 Å². The summed E-state index contributed by atoms with van der Waals surface area (Å²) in [6, 6.07) is 7.25. The number of aliphatic imine (C=N–C) groups is 1. The van der Waals surface area contributed by atoms with Crippen LogP contribution in [0.1, 0.15) is 64.5 Å². The predicted octanol–water partition coefficient (Wildman–Crippen LogP) is 6.60. The summed E-state index contributed by atoms with van der Waals surface area (Å²) in [5.74, 6) is 0.608. The molecule has 0 saturated heterocycles. The maximum atomic E-state index is 14.3. The number of hydrogen-bond acceptors (Lipinski definition) is 5. The summed E-state index contributed by atoms with van der Waals surface area (Å²) in [5.41, 5.74) is -1.55. The minimum absolute atomic E-state index is 0.0252. The molecule has 1 aliphatic heterocycles. The van der Waals surface area contributed by atoms with Crippen LogP contribution in [-0.4, -0.2) is 35.0 Å². The quantitative estimate of drug-likeness (QED) is 0.399. The van der Waals surface area contributed by atoms with Crippen LogP contribution >= 0.6 is 7.82 Å². The molecule has 1 heterocycles. The number of fused-ring (bicyclic) bond motifs is 1. The predicted molar refractivity (Wildman–Crippen MR) is 134 cm³/mol. The fourth-order valence-electron chi connectivity index (χ4n) is 5.30. The lowest BCUT2D eigenvalue weighted by Crippen LogP contribution is -2.31. The van der Waals surface area contributed by atoms with Crippen LogP contribution in [0.25, 0.3) is 10.8 Å². The van der Waals surface area contributed by atoms with E-state index in [4.69, 9.17) is 14.0 Å². The third-order valence-corrected chi connectivity index (χ3v) is 7.82. The average molecular weight is 544 g/mol. The molecule has 0 radical (unpaired) electrons. The molecule has 2 aromatic rings. The molecule has 37 heavy (non-hydrogen) atoms. The fourth-order valence-corrected chi connectivity index (χ4v) is 5.68. The summed E-state index contributed by atoms with van der Waals surface area (Å²) in [6.07, 6.45) is -1.70. The number of phosphoric acid groups is 1. The Labute approximate surface area is 214 Å². The van der Waals surface area contributed by atoms with E-state index in [2.05, 4.69) is 25.8 Å². The molecule has 1 atom stereocenters. The van der Waals surface area contributed by atoms with Crippen molar-refractivity contribution in [1.29, 1.82) is 0 Å². The number of phosphoric ester groups is 1. The monoisotopic (exact) mass is 543 g/mol. The summed E-state index contributed by atoms with van der Waals surface area (Å²) < 4.78 is 70.3. The van der Waals surface area contributed by atoms with Crippen LogP contribution in [0, 0.1) is 11.3 Å². The molecule has 1 unspecified atom stereocenters. The van der Waals surface area contributed by atoms with Crippen molar-refractivity contribution in [3.05, 3.63) is 41.5 Å². The van der Waals surface area contributed by atoms with Gasteiger partial charge in [-0.2, -0.15) is 13.2 Å². The van der Waals surface area contributed by atoms with Gasteiger partial charge in [0.25, 0.3) is 0 Å². The van der Waals surface area contributed by atoms with E-state index in [9.17, 15) is 27.5 Å². The Morgan fingerprint density at radius 2 is 1.78 bits per heavy atom. The molecule has 2 aliphatic rings. The number of hydrogen-bond donors (Lipinski definition) is 2. The van der Waals surface area contributed by atoms with Crippen molar-refractivity contribution in [2.24, 2.45) is 16.3 Å². The van der Waals surface area contributed by atoms with Gasteiger partial charge in [-0.15, -0.1) is 0 Å². The number of nitrogens with zero attached hydrogens (tertiary/aromatic N) is 1. The molecular weight excluding hydrogens is 510 g/mol. The number of halogens is 3. The summed E-state index contributed by atoms with van der Waals surface area (Å²) in [5, 5.41) is 0.270. The first-order valence-corrected chi connectivity index (χ1v) is 13.8. The molecule has 0 spiro atoms. The molecule has 1 aliphatic carbocycles. The van der Waals surface area contributed by atoms with E-state index in [1.165, 1.54) is 24.3 Å². The smallest absolute Gasteiger partial charge is 0.469 e. The second kappa shape index (κ2) is 9.88. The SMILES string of the molecule is CC1=NC(COP(=O)(O)O)(c2ccc3c(C(F)(F)F)c(OC4CCC(C(C)(C)C)CC4)ccc3c2)CO1. The zero-order valence-electron chi connectivity index (χ0n) is 21.3. The van der Waals surface area contributed by atoms with Crippen LogP contribution in [0.3, 0.4) is 0 Å². The van der Waals surface area contributed by atoms with E-state index in [-0.39, 0.29) is 35.2 Å². The highest BCUT2D eigenvalue weighted by Crippen LogP contribution is 2.46. The van der Waals surface area contributed by atoms with Crippen LogP contribution in [0.15, 0.2) is 35.3 Å². The van der Waals surface area contributed by atoms with Crippen molar-refractivity contribution < 1.29 is 41.5 Å². The highest BCUT2D eigenvalue weighted by molar-refractivity contribution is 7.46. The van der Waals surface area contributed by atoms with Gasteiger partial charge in [0.05, 0.1) is 12.7 Å². The van der Waals surface area contributed by atoms with Gasteiger partial charge in [-0.1, -0.05) is 39.0 Å². The van der Waals surface area contributed by atoms with Crippen LogP contribution in [-0.2, 0) is 25.5 Å². The van der Waals surface area contributed by atoms with Gasteiger partial charge in [0.1, 0.15) is 23.5 Å². The zero-order chi connectivity index (χ0) is 27.2. The molecule has 204 valence electrons. The number of alkyl halides is 3. The number of ether oxygens (including phenoxy) is 2. The van der Waals surface area contributed by atoms with Crippen LogP contribution in [0.5, 0.6) is 5.75 Å². The second-order valence-corrected chi connectivity index (χ2v) is 12.3. The third-order valence-electron chi connectivity index (χ3n) is 7.36. The van der Waals surface area contributed by atoms with Crippen molar-refractivity contribution >= 4 is 24.5 Å². The molecular formula is C26H33F3NO6P. The number of benzene rings is 2.